The largest absolute Gasteiger partial charge is 0.476 e. The van der Waals surface area contributed by atoms with Gasteiger partial charge < -0.3 is 25.2 Å². The minimum atomic E-state index is -4.07. The van der Waals surface area contributed by atoms with Crippen molar-refractivity contribution in [3.8, 4) is 0 Å². The quantitative estimate of drug-likeness (QED) is 0.0677. The maximum atomic E-state index is 13.9. The van der Waals surface area contributed by atoms with Gasteiger partial charge in [0.2, 0.25) is 17.1 Å². The molecule has 2 aliphatic heterocycles. The number of benzene rings is 3. The van der Waals surface area contributed by atoms with Crippen LogP contribution in [0.25, 0.3) is 0 Å². The van der Waals surface area contributed by atoms with Crippen molar-refractivity contribution in [3.05, 3.63) is 125 Å². The van der Waals surface area contributed by atoms with Crippen molar-refractivity contribution < 1.29 is 36.9 Å². The third-order valence-corrected chi connectivity index (χ3v) is 9.66. The summed E-state index contributed by atoms with van der Waals surface area (Å²) in [7, 11) is -4.07. The number of β-lactam (4-membered cyclic amide) rings is 1. The van der Waals surface area contributed by atoms with Crippen molar-refractivity contribution in [3.63, 3.8) is 0 Å². The van der Waals surface area contributed by atoms with Crippen LogP contribution in [0.4, 0.5) is 5.13 Å². The van der Waals surface area contributed by atoms with E-state index < -0.39 is 62.1 Å². The summed E-state index contributed by atoms with van der Waals surface area (Å²) in [5.41, 5.74) is 5.56. The first kappa shape index (κ1) is 32.7. The van der Waals surface area contributed by atoms with Crippen LogP contribution in [0.3, 0.4) is 0 Å². The Morgan fingerprint density at radius 2 is 1.54 bits per heavy atom. The lowest BCUT2D eigenvalue weighted by Crippen LogP contribution is -2.71. The Bertz CT molecular complexity index is 1940. The predicted octanol–water partition coefficient (Wildman–Crippen LogP) is 2.51. The zero-order chi connectivity index (χ0) is 34.1. The second-order valence-corrected chi connectivity index (χ2v) is 14.0. The highest BCUT2D eigenvalue weighted by Gasteiger charge is 2.55. The third-order valence-electron chi connectivity index (χ3n) is 7.36. The number of hydrogen-bond donors (Lipinski definition) is 3. The molecule has 6 rings (SSSR count). The summed E-state index contributed by atoms with van der Waals surface area (Å²) in [6.45, 7) is 0. The van der Waals surface area contributed by atoms with Crippen LogP contribution in [0.1, 0.15) is 22.5 Å². The minimum absolute atomic E-state index is 0.0503. The molecular weight excluding hydrogens is 681 g/mol. The number of fused-ring (bicyclic) bond motifs is 1. The van der Waals surface area contributed by atoms with Gasteiger partial charge >= 0.3 is 16.1 Å². The number of carboxylic acids is 1. The van der Waals surface area contributed by atoms with E-state index in [9.17, 15) is 27.9 Å². The van der Waals surface area contributed by atoms with Crippen molar-refractivity contribution >= 4 is 62.0 Å². The fourth-order valence-corrected chi connectivity index (χ4v) is 7.62. The second-order valence-electron chi connectivity index (χ2n) is 10.5. The Hall–Kier alpha value is -5.26. The Labute approximate surface area is 282 Å². The minimum Gasteiger partial charge on any atom is -0.476 e. The van der Waals surface area contributed by atoms with Gasteiger partial charge in [-0.3, -0.25) is 14.5 Å². The summed E-state index contributed by atoms with van der Waals surface area (Å²) in [5, 5.41) is 15.9. The normalized spacial score (nSPS) is 18.1. The molecule has 246 valence electrons. The van der Waals surface area contributed by atoms with Crippen molar-refractivity contribution in [2.45, 2.75) is 17.0 Å². The van der Waals surface area contributed by atoms with Gasteiger partial charge in [-0.1, -0.05) is 96.2 Å². The Morgan fingerprint density at radius 3 is 2.00 bits per heavy atom. The van der Waals surface area contributed by atoms with Crippen LogP contribution in [0.15, 0.2) is 108 Å². The molecule has 1 aromatic heterocycles. The summed E-state index contributed by atoms with van der Waals surface area (Å²) >= 11 is 1.84. The molecule has 1 fully saturated rings. The highest BCUT2D eigenvalue weighted by molar-refractivity contribution is 8.00. The molecule has 4 N–H and O–H groups in total. The Kier molecular flexibility index (Phi) is 8.91. The van der Waals surface area contributed by atoms with Gasteiger partial charge in [0.05, 0.1) is 12.0 Å². The predicted molar refractivity (Wildman–Crippen MR) is 177 cm³/mol. The van der Waals surface area contributed by atoms with Gasteiger partial charge in [0.25, 0.3) is 11.8 Å². The molecule has 3 heterocycles. The molecule has 0 aliphatic carbocycles. The maximum absolute atomic E-state index is 13.9. The standard InChI is InChI=1S/C31H26N6O8S3/c1-48(42,43)44-21-17-46-28-23(27(39)37(28)24(21)29(40)41)33-26(38)22(25-34-30(32)47-36-25)35-45-31(18-11-5-2-6-12-18,19-13-7-3-8-14-19)20-15-9-4-10-16-20/h2-16,23,28H,17H2,1H3,(H,33,38)(H,40,41)(H2,32,34,36)/b35-22-/t23-,28-/m1/s1. The number of nitrogens with two attached hydrogens (primary N) is 1. The number of carbonyl (C=O) groups excluding carboxylic acids is 2. The smallest absolute Gasteiger partial charge is 0.356 e. The van der Waals surface area contributed by atoms with Crippen LogP contribution in [-0.2, 0) is 39.1 Å². The zero-order valence-electron chi connectivity index (χ0n) is 24.9. The number of aliphatic carboxylic acids is 1. The molecular formula is C31H26N6O8S3. The van der Waals surface area contributed by atoms with Gasteiger partial charge in [0, 0.05) is 28.2 Å². The molecule has 2 aliphatic rings. The van der Waals surface area contributed by atoms with E-state index in [0.29, 0.717) is 16.7 Å². The van der Waals surface area contributed by atoms with Gasteiger partial charge in [0.15, 0.2) is 16.6 Å². The van der Waals surface area contributed by atoms with E-state index in [1.165, 1.54) is 0 Å². The first-order valence-corrected chi connectivity index (χ1v) is 17.8. The number of nitrogen functional groups attached to an aromatic ring is 1. The molecule has 2 atom stereocenters. The summed E-state index contributed by atoms with van der Waals surface area (Å²) in [6, 6.07) is 26.7. The number of nitrogens with one attached hydrogen (secondary N) is 1. The van der Waals surface area contributed by atoms with Gasteiger partial charge in [-0.25, -0.2) is 4.79 Å². The molecule has 0 bridgehead atoms. The molecule has 1 saturated heterocycles. The number of hydrogen-bond acceptors (Lipinski definition) is 13. The number of carbonyl (C=O) groups is 3. The number of nitrogens with zero attached hydrogens (tertiary/aromatic N) is 4. The van der Waals surface area contributed by atoms with Crippen LogP contribution in [0, 0.1) is 0 Å². The summed E-state index contributed by atoms with van der Waals surface area (Å²) < 4.78 is 32.4. The first-order chi connectivity index (χ1) is 23.0. The number of oxime groups is 1. The van der Waals surface area contributed by atoms with E-state index in [-0.39, 0.29) is 16.7 Å². The Balaban J connectivity index is 1.38. The van der Waals surface area contributed by atoms with Crippen LogP contribution in [0.5, 0.6) is 0 Å². The molecule has 0 unspecified atom stereocenters. The molecule has 0 spiro atoms. The van der Waals surface area contributed by atoms with E-state index in [4.69, 9.17) is 14.8 Å². The van der Waals surface area contributed by atoms with Crippen LogP contribution in [-0.4, -0.2) is 74.7 Å². The molecule has 2 amide bonds. The molecule has 3 aromatic carbocycles. The third kappa shape index (κ3) is 6.22. The van der Waals surface area contributed by atoms with Crippen LogP contribution in [0.2, 0.25) is 0 Å². The van der Waals surface area contributed by atoms with Gasteiger partial charge in [-0.2, -0.15) is 17.8 Å². The SMILES string of the molecule is CS(=O)(=O)OC1=C(C(=O)O)N2C(=O)[C@@H](NC(=O)/C(=N\OC(c3ccccc3)(c3ccccc3)c3ccccc3)c3nsc(N)n3)[C@H]2SC1. The van der Waals surface area contributed by atoms with Gasteiger partial charge in [0.1, 0.15) is 11.4 Å². The number of rotatable bonds is 11. The van der Waals surface area contributed by atoms with Crippen LogP contribution < -0.4 is 11.1 Å². The van der Waals surface area contributed by atoms with E-state index in [1.54, 1.807) is 0 Å². The fraction of sp³-hybridized carbons (Fsp3) is 0.161. The molecule has 4 aromatic rings. The second kappa shape index (κ2) is 13.1. The van der Waals surface area contributed by atoms with Crippen molar-refractivity contribution in [1.82, 2.24) is 19.6 Å². The number of carboxylic acid groups (broad SMARTS) is 1. The molecule has 17 heteroatoms. The molecule has 0 radical (unpaired) electrons. The lowest BCUT2D eigenvalue weighted by molar-refractivity contribution is -0.150. The van der Waals surface area contributed by atoms with E-state index in [0.717, 1.165) is 34.5 Å². The Morgan fingerprint density at radius 1 is 1.00 bits per heavy atom. The fourth-order valence-electron chi connectivity index (χ4n) is 5.35. The van der Waals surface area contributed by atoms with Crippen LogP contribution >= 0.6 is 23.3 Å². The average Bonchev–Trinajstić information content (AvgIpc) is 3.51. The van der Waals surface area contributed by atoms with E-state index in [1.807, 2.05) is 91.0 Å². The zero-order valence-corrected chi connectivity index (χ0v) is 27.4. The number of amides is 2. The molecule has 0 saturated carbocycles. The number of thioether (sulfide) groups is 1. The van der Waals surface area contributed by atoms with Crippen molar-refractivity contribution in [2.24, 2.45) is 5.16 Å². The number of anilines is 1. The van der Waals surface area contributed by atoms with Crippen molar-refractivity contribution in [2.75, 3.05) is 17.7 Å². The van der Waals surface area contributed by atoms with Crippen molar-refractivity contribution in [1.29, 1.82) is 0 Å². The van der Waals surface area contributed by atoms with E-state index in [2.05, 4.69) is 19.8 Å². The summed E-state index contributed by atoms with van der Waals surface area (Å²) in [4.78, 5) is 50.7. The molecule has 48 heavy (non-hydrogen) atoms. The maximum Gasteiger partial charge on any atom is 0.356 e. The number of aromatic nitrogens is 2. The molecule has 14 nitrogen and oxygen atoms in total. The van der Waals surface area contributed by atoms with Gasteiger partial charge in [-0.15, -0.1) is 11.8 Å². The highest BCUT2D eigenvalue weighted by atomic mass is 32.2. The van der Waals surface area contributed by atoms with E-state index >= 15 is 0 Å². The topological polar surface area (TPSA) is 203 Å². The lowest BCUT2D eigenvalue weighted by atomic mass is 9.80. The first-order valence-electron chi connectivity index (χ1n) is 14.1. The highest BCUT2D eigenvalue weighted by Crippen LogP contribution is 2.42. The van der Waals surface area contributed by atoms with Gasteiger partial charge in [-0.05, 0) is 0 Å². The summed E-state index contributed by atoms with van der Waals surface area (Å²) in [6.07, 6.45) is 0.765. The lowest BCUT2D eigenvalue weighted by Gasteiger charge is -2.48. The monoisotopic (exact) mass is 706 g/mol. The average molecular weight is 707 g/mol. The summed E-state index contributed by atoms with van der Waals surface area (Å²) in [5.74, 6) is -4.00.